The molecular formula is C18H14BrFN2O4S2. The van der Waals surface area contributed by atoms with Gasteiger partial charge in [0.2, 0.25) is 10.0 Å². The highest BCUT2D eigenvalue weighted by atomic mass is 79.9. The zero-order valence-corrected chi connectivity index (χ0v) is 17.5. The van der Waals surface area contributed by atoms with Crippen molar-refractivity contribution in [3.63, 3.8) is 0 Å². The highest BCUT2D eigenvalue weighted by Crippen LogP contribution is 2.24. The number of benzene rings is 2. The van der Waals surface area contributed by atoms with Crippen molar-refractivity contribution < 1.29 is 22.3 Å². The number of ether oxygens (including phenoxy) is 1. The van der Waals surface area contributed by atoms with Gasteiger partial charge in [-0.15, -0.1) is 11.3 Å². The smallest absolute Gasteiger partial charge is 0.321 e. The summed E-state index contributed by atoms with van der Waals surface area (Å²) >= 11 is 4.53. The summed E-state index contributed by atoms with van der Waals surface area (Å²) in [7, 11) is -3.82. The largest absolute Gasteiger partial charge is 0.458 e. The fourth-order valence-corrected chi connectivity index (χ4v) is 4.55. The zero-order chi connectivity index (χ0) is 20.1. The maximum atomic E-state index is 13.0. The summed E-state index contributed by atoms with van der Waals surface area (Å²) in [6, 6.07) is 12.0. The van der Waals surface area contributed by atoms with E-state index in [2.05, 4.69) is 25.6 Å². The first kappa shape index (κ1) is 20.6. The molecule has 0 bridgehead atoms. The summed E-state index contributed by atoms with van der Waals surface area (Å²) in [6.45, 7) is -0.584. The molecule has 2 aromatic carbocycles. The molecule has 0 saturated heterocycles. The average Bonchev–Trinajstić information content (AvgIpc) is 3.14. The maximum Gasteiger partial charge on any atom is 0.321 e. The molecule has 1 N–H and O–H groups in total. The Kier molecular flexibility index (Phi) is 6.55. The van der Waals surface area contributed by atoms with E-state index in [9.17, 15) is 17.6 Å². The second-order valence-electron chi connectivity index (χ2n) is 5.59. The van der Waals surface area contributed by atoms with Crippen LogP contribution in [0.4, 0.5) is 4.39 Å². The molecule has 1 aromatic heterocycles. The van der Waals surface area contributed by atoms with Gasteiger partial charge in [0.05, 0.1) is 10.6 Å². The van der Waals surface area contributed by atoms with E-state index in [1.807, 2.05) is 0 Å². The van der Waals surface area contributed by atoms with Crippen molar-refractivity contribution in [2.24, 2.45) is 0 Å². The first-order chi connectivity index (χ1) is 13.3. The molecule has 0 saturated carbocycles. The minimum absolute atomic E-state index is 0.0399. The van der Waals surface area contributed by atoms with E-state index in [1.54, 1.807) is 29.6 Å². The van der Waals surface area contributed by atoms with E-state index in [4.69, 9.17) is 4.74 Å². The van der Waals surface area contributed by atoms with Gasteiger partial charge in [0.25, 0.3) is 0 Å². The van der Waals surface area contributed by atoms with Crippen LogP contribution in [0.5, 0.6) is 0 Å². The van der Waals surface area contributed by atoms with E-state index in [0.717, 1.165) is 5.56 Å². The molecule has 0 amide bonds. The molecule has 0 fully saturated rings. The number of hydrogen-bond acceptors (Lipinski definition) is 6. The van der Waals surface area contributed by atoms with Crippen molar-refractivity contribution in [3.05, 3.63) is 69.9 Å². The Morgan fingerprint density at radius 1 is 1.21 bits per heavy atom. The summed E-state index contributed by atoms with van der Waals surface area (Å²) in [5.74, 6) is -1.06. The van der Waals surface area contributed by atoms with Gasteiger partial charge in [-0.3, -0.25) is 4.79 Å². The molecule has 0 unspecified atom stereocenters. The molecule has 3 rings (SSSR count). The Balaban J connectivity index is 1.53. The van der Waals surface area contributed by atoms with E-state index in [-0.39, 0.29) is 17.3 Å². The predicted octanol–water partition coefficient (Wildman–Crippen LogP) is 3.73. The third kappa shape index (κ3) is 5.44. The number of carbonyl (C=O) groups is 1. The quantitative estimate of drug-likeness (QED) is 0.516. The van der Waals surface area contributed by atoms with Crippen LogP contribution in [-0.4, -0.2) is 25.9 Å². The number of aromatic nitrogens is 1. The third-order valence-corrected chi connectivity index (χ3v) is 6.37. The van der Waals surface area contributed by atoms with Crippen LogP contribution >= 0.6 is 27.3 Å². The van der Waals surface area contributed by atoms with Gasteiger partial charge >= 0.3 is 5.97 Å². The summed E-state index contributed by atoms with van der Waals surface area (Å²) < 4.78 is 45.2. The number of esters is 1. The van der Waals surface area contributed by atoms with Crippen LogP contribution in [0.1, 0.15) is 5.69 Å². The SMILES string of the molecule is O=C(CNS(=O)(=O)c1cccc(Br)c1)OCc1csc(-c2ccc(F)cc2)n1. The Morgan fingerprint density at radius 3 is 2.68 bits per heavy atom. The molecule has 0 spiro atoms. The van der Waals surface area contributed by atoms with Crippen molar-refractivity contribution in [2.75, 3.05) is 6.54 Å². The van der Waals surface area contributed by atoms with E-state index in [1.165, 1.54) is 35.6 Å². The predicted molar refractivity (Wildman–Crippen MR) is 107 cm³/mol. The highest BCUT2D eigenvalue weighted by molar-refractivity contribution is 9.10. The van der Waals surface area contributed by atoms with E-state index >= 15 is 0 Å². The second kappa shape index (κ2) is 8.91. The van der Waals surface area contributed by atoms with Gasteiger partial charge in [-0.1, -0.05) is 22.0 Å². The van der Waals surface area contributed by atoms with Crippen LogP contribution < -0.4 is 4.72 Å². The van der Waals surface area contributed by atoms with Crippen molar-refractivity contribution in [2.45, 2.75) is 11.5 Å². The van der Waals surface area contributed by atoms with Crippen LogP contribution in [0.2, 0.25) is 0 Å². The molecule has 0 radical (unpaired) electrons. The normalized spacial score (nSPS) is 11.4. The Hall–Kier alpha value is -2.14. The lowest BCUT2D eigenvalue weighted by Gasteiger charge is -2.07. The minimum Gasteiger partial charge on any atom is -0.458 e. The van der Waals surface area contributed by atoms with E-state index < -0.39 is 22.5 Å². The van der Waals surface area contributed by atoms with Gasteiger partial charge in [-0.25, -0.2) is 17.8 Å². The molecule has 0 aliphatic carbocycles. The van der Waals surface area contributed by atoms with E-state index in [0.29, 0.717) is 15.2 Å². The van der Waals surface area contributed by atoms with Gasteiger partial charge in [-0.2, -0.15) is 4.72 Å². The number of sulfonamides is 1. The molecule has 0 atom stereocenters. The van der Waals surface area contributed by atoms with Gasteiger partial charge in [0.1, 0.15) is 24.0 Å². The molecule has 28 heavy (non-hydrogen) atoms. The molecule has 0 aliphatic heterocycles. The van der Waals surface area contributed by atoms with Gasteiger partial charge in [0.15, 0.2) is 0 Å². The van der Waals surface area contributed by atoms with Crippen LogP contribution in [0.15, 0.2) is 63.3 Å². The van der Waals surface area contributed by atoms with Crippen molar-refractivity contribution in [3.8, 4) is 10.6 Å². The summed E-state index contributed by atoms with van der Waals surface area (Å²) in [4.78, 5) is 16.2. The monoisotopic (exact) mass is 484 g/mol. The third-order valence-electron chi connectivity index (χ3n) is 3.54. The second-order valence-corrected chi connectivity index (χ2v) is 9.13. The first-order valence-electron chi connectivity index (χ1n) is 7.95. The van der Waals surface area contributed by atoms with Crippen LogP contribution in [-0.2, 0) is 26.2 Å². The highest BCUT2D eigenvalue weighted by Gasteiger charge is 2.16. The molecule has 1 heterocycles. The lowest BCUT2D eigenvalue weighted by molar-refractivity contribution is -0.143. The maximum absolute atomic E-state index is 13.0. The number of nitrogens with one attached hydrogen (secondary N) is 1. The van der Waals surface area contributed by atoms with Crippen LogP contribution in [0.25, 0.3) is 10.6 Å². The fraction of sp³-hybridized carbons (Fsp3) is 0.111. The standard InChI is InChI=1S/C18H14BrFN2O4S2/c19-13-2-1-3-16(8-13)28(24,25)21-9-17(23)26-10-15-11-27-18(22-15)12-4-6-14(20)7-5-12/h1-8,11,21H,9-10H2. The summed E-state index contributed by atoms with van der Waals surface area (Å²) in [5, 5.41) is 2.39. The molecule has 0 aliphatic rings. The zero-order valence-electron chi connectivity index (χ0n) is 14.3. The molecule has 10 heteroatoms. The molecular weight excluding hydrogens is 471 g/mol. The minimum atomic E-state index is -3.82. The number of nitrogens with zero attached hydrogens (tertiary/aromatic N) is 1. The van der Waals surface area contributed by atoms with Gasteiger partial charge in [-0.05, 0) is 42.5 Å². The number of carbonyl (C=O) groups excluding carboxylic acids is 1. The fourth-order valence-electron chi connectivity index (χ4n) is 2.18. The number of rotatable bonds is 7. The van der Waals surface area contributed by atoms with Gasteiger partial charge < -0.3 is 4.74 Å². The topological polar surface area (TPSA) is 85.4 Å². The van der Waals surface area contributed by atoms with Crippen molar-refractivity contribution in [1.29, 1.82) is 0 Å². The average molecular weight is 485 g/mol. The lowest BCUT2D eigenvalue weighted by Crippen LogP contribution is -2.30. The number of halogens is 2. The summed E-state index contributed by atoms with van der Waals surface area (Å²) in [6.07, 6.45) is 0. The lowest BCUT2D eigenvalue weighted by atomic mass is 10.2. The van der Waals surface area contributed by atoms with Gasteiger partial charge in [0, 0.05) is 15.4 Å². The Morgan fingerprint density at radius 2 is 1.96 bits per heavy atom. The van der Waals surface area contributed by atoms with Crippen molar-refractivity contribution >= 4 is 43.3 Å². The Bertz CT molecular complexity index is 1080. The van der Waals surface area contributed by atoms with Crippen LogP contribution in [0.3, 0.4) is 0 Å². The van der Waals surface area contributed by atoms with Crippen molar-refractivity contribution in [1.82, 2.24) is 9.71 Å². The molecule has 146 valence electrons. The van der Waals surface area contributed by atoms with Crippen LogP contribution in [0, 0.1) is 5.82 Å². The molecule has 3 aromatic rings. The number of thiazole rings is 1. The Labute approximate surface area is 173 Å². The summed E-state index contributed by atoms with van der Waals surface area (Å²) in [5.41, 5.74) is 1.28. The number of hydrogen-bond donors (Lipinski definition) is 1. The molecule has 6 nitrogen and oxygen atoms in total. The first-order valence-corrected chi connectivity index (χ1v) is 11.1.